The van der Waals surface area contributed by atoms with Gasteiger partial charge in [-0.3, -0.25) is 24.5 Å². The summed E-state index contributed by atoms with van der Waals surface area (Å²) in [7, 11) is 1.45. The number of hydrogen-bond donors (Lipinski definition) is 2. The molecule has 2 aliphatic heterocycles. The first-order valence-corrected chi connectivity index (χ1v) is 21.8. The molecule has 2 aromatic heterocycles. The number of rotatable bonds is 19. The number of aromatic amines is 1. The van der Waals surface area contributed by atoms with Crippen molar-refractivity contribution in [2.75, 3.05) is 39.4 Å². The quantitative estimate of drug-likeness (QED) is 0.0489. The molecular weight excluding hydrogens is 814 g/mol. The van der Waals surface area contributed by atoms with Crippen LogP contribution in [0.4, 0.5) is 5.95 Å². The highest BCUT2D eigenvalue weighted by atomic mass is 31.2. The van der Waals surface area contributed by atoms with Crippen LogP contribution in [0, 0.1) is 17.2 Å². The Hall–Kier alpha value is -5.24. The van der Waals surface area contributed by atoms with Gasteiger partial charge in [0.05, 0.1) is 52.9 Å². The molecular formula is C45H54N7O9P. The van der Waals surface area contributed by atoms with Crippen LogP contribution in [-0.2, 0) is 33.7 Å². The Balaban J connectivity index is 1.37. The van der Waals surface area contributed by atoms with E-state index in [1.807, 2.05) is 78.9 Å². The number of hydrogen-bond acceptors (Lipinski definition) is 13. The van der Waals surface area contributed by atoms with E-state index in [4.69, 9.17) is 32.7 Å². The van der Waals surface area contributed by atoms with Crippen LogP contribution in [0.5, 0.6) is 11.5 Å². The van der Waals surface area contributed by atoms with Crippen LogP contribution in [0.3, 0.4) is 0 Å². The molecule has 16 nitrogen and oxygen atoms in total. The van der Waals surface area contributed by atoms with Crippen molar-refractivity contribution in [1.29, 1.82) is 5.26 Å². The van der Waals surface area contributed by atoms with Gasteiger partial charge in [0.1, 0.15) is 34.9 Å². The van der Waals surface area contributed by atoms with Gasteiger partial charge in [-0.05, 0) is 68.7 Å². The average Bonchev–Trinajstić information content (AvgIpc) is 3.94. The Labute approximate surface area is 362 Å². The summed E-state index contributed by atoms with van der Waals surface area (Å²) >= 11 is 0. The molecule has 2 aliphatic rings. The third-order valence-electron chi connectivity index (χ3n) is 11.0. The zero-order chi connectivity index (χ0) is 44.2. The van der Waals surface area contributed by atoms with E-state index < -0.39 is 43.7 Å². The van der Waals surface area contributed by atoms with Gasteiger partial charge in [0.25, 0.3) is 14.1 Å². The minimum Gasteiger partial charge on any atom is -0.497 e. The van der Waals surface area contributed by atoms with E-state index in [9.17, 15) is 14.9 Å². The summed E-state index contributed by atoms with van der Waals surface area (Å²) in [5.74, 6) is 0.665. The van der Waals surface area contributed by atoms with E-state index in [0.717, 1.165) is 16.7 Å². The zero-order valence-electron chi connectivity index (χ0n) is 36.2. The predicted molar refractivity (Wildman–Crippen MR) is 233 cm³/mol. The molecule has 5 atom stereocenters. The van der Waals surface area contributed by atoms with E-state index in [0.29, 0.717) is 11.5 Å². The molecule has 2 N–H and O–H groups in total. The summed E-state index contributed by atoms with van der Waals surface area (Å²) in [6, 6.07) is 27.7. The van der Waals surface area contributed by atoms with Gasteiger partial charge in [0.2, 0.25) is 11.9 Å². The molecule has 5 aromatic rings. The van der Waals surface area contributed by atoms with Crippen LogP contribution >= 0.6 is 8.53 Å². The smallest absolute Gasteiger partial charge is 0.280 e. The first-order chi connectivity index (χ1) is 29.8. The maximum atomic E-state index is 13.3. The van der Waals surface area contributed by atoms with Crippen molar-refractivity contribution in [3.05, 3.63) is 112 Å². The second-order valence-corrected chi connectivity index (χ2v) is 17.5. The van der Waals surface area contributed by atoms with Crippen LogP contribution in [0.25, 0.3) is 11.2 Å². The summed E-state index contributed by atoms with van der Waals surface area (Å²) < 4.78 is 49.8. The molecule has 2 fully saturated rings. The molecule has 4 heterocycles. The van der Waals surface area contributed by atoms with Crippen LogP contribution in [0.1, 0.15) is 70.9 Å². The van der Waals surface area contributed by atoms with Crippen molar-refractivity contribution in [2.24, 2.45) is 5.92 Å². The highest BCUT2D eigenvalue weighted by Gasteiger charge is 2.65. The van der Waals surface area contributed by atoms with Gasteiger partial charge in [0.15, 0.2) is 17.4 Å². The standard InChI is InChI=1S/C45H54N7O9P/c1-28(2)40(53)49-43-48-39-36(41(54)50-43)47-27-51(39)42-37-38(61-62(59-24-12-23-46)52(29(3)4)30(5)6)44(60-42,25-57-37)26-58-45(31-13-10-9-11-14-31,32-15-19-34(55-7)20-16-32)33-17-21-35(56-8)22-18-33/h9-11,13-22,27-30,37-38,42H,12,24-26H2,1-8H3,(H2,48,49,50,53,54)/t37-,38+,42-,44+,62?/m1/s1. The Morgan fingerprint density at radius 2 is 1.60 bits per heavy atom. The fourth-order valence-corrected chi connectivity index (χ4v) is 9.82. The lowest BCUT2D eigenvalue weighted by Crippen LogP contribution is -2.49. The summed E-state index contributed by atoms with van der Waals surface area (Å²) in [5, 5.41) is 12.2. The maximum Gasteiger partial charge on any atom is 0.280 e. The first-order valence-electron chi connectivity index (χ1n) is 20.7. The van der Waals surface area contributed by atoms with Gasteiger partial charge in [-0.15, -0.1) is 0 Å². The number of ether oxygens (including phenoxy) is 5. The Morgan fingerprint density at radius 1 is 0.984 bits per heavy atom. The van der Waals surface area contributed by atoms with Crippen molar-refractivity contribution in [1.82, 2.24) is 24.2 Å². The number of nitrogens with one attached hydrogen (secondary N) is 2. The van der Waals surface area contributed by atoms with Crippen molar-refractivity contribution >= 4 is 31.5 Å². The van der Waals surface area contributed by atoms with Crippen LogP contribution in [0.2, 0.25) is 0 Å². The number of imidazole rings is 1. The number of fused-ring (bicyclic) bond motifs is 3. The molecule has 62 heavy (non-hydrogen) atoms. The molecule has 1 amide bonds. The van der Waals surface area contributed by atoms with E-state index in [1.54, 1.807) is 32.6 Å². The monoisotopic (exact) mass is 867 g/mol. The molecule has 1 unspecified atom stereocenters. The van der Waals surface area contributed by atoms with Gasteiger partial charge >= 0.3 is 0 Å². The molecule has 17 heteroatoms. The van der Waals surface area contributed by atoms with Gasteiger partial charge in [0, 0.05) is 18.0 Å². The summed E-state index contributed by atoms with van der Waals surface area (Å²) in [6.07, 6.45) is -0.846. The fourth-order valence-electron chi connectivity index (χ4n) is 8.00. The van der Waals surface area contributed by atoms with Crippen molar-refractivity contribution in [2.45, 2.75) is 89.7 Å². The highest BCUT2D eigenvalue weighted by molar-refractivity contribution is 7.44. The molecule has 2 saturated heterocycles. The molecule has 0 spiro atoms. The third-order valence-corrected chi connectivity index (χ3v) is 13.1. The number of nitriles is 1. The average molecular weight is 868 g/mol. The third kappa shape index (κ3) is 8.71. The fraction of sp³-hybridized carbons (Fsp3) is 0.444. The Kier molecular flexibility index (Phi) is 13.7. The molecule has 0 aliphatic carbocycles. The predicted octanol–water partition coefficient (Wildman–Crippen LogP) is 7.07. The second-order valence-electron chi connectivity index (χ2n) is 16.1. The van der Waals surface area contributed by atoms with E-state index in [1.165, 1.54) is 6.33 Å². The molecule has 3 aromatic carbocycles. The first kappa shape index (κ1) is 44.8. The van der Waals surface area contributed by atoms with Crippen LogP contribution < -0.4 is 20.3 Å². The number of carbonyl (C=O) groups excluding carboxylic acids is 1. The largest absolute Gasteiger partial charge is 0.497 e. The van der Waals surface area contributed by atoms with Gasteiger partial charge in [-0.2, -0.15) is 10.2 Å². The number of nitrogens with zero attached hydrogens (tertiary/aromatic N) is 5. The number of H-pyrrole nitrogens is 1. The SMILES string of the molecule is COc1ccc(C(OC[C@]23CO[C@@H]([C@H](n4cnc5c(=O)[nH]c(NC(=O)C(C)C)nc54)O2)[C@@H]3OP(OCCC#N)N(C(C)C)C(C)C)(c2ccccc2)c2ccc(OC)cc2)cc1. The summed E-state index contributed by atoms with van der Waals surface area (Å²) in [4.78, 5) is 37.7. The lowest BCUT2D eigenvalue weighted by Gasteiger charge is -2.41. The van der Waals surface area contributed by atoms with Gasteiger partial charge in [-0.1, -0.05) is 68.4 Å². The van der Waals surface area contributed by atoms with Crippen molar-refractivity contribution < 1.29 is 37.5 Å². The minimum atomic E-state index is -1.79. The second kappa shape index (κ2) is 19.0. The Bertz CT molecular complexity index is 2350. The molecule has 328 valence electrons. The molecule has 2 bridgehead atoms. The normalized spacial score (nSPS) is 20.3. The van der Waals surface area contributed by atoms with Crippen molar-refractivity contribution in [3.63, 3.8) is 0 Å². The molecule has 0 radical (unpaired) electrons. The molecule has 7 rings (SSSR count). The van der Waals surface area contributed by atoms with E-state index in [2.05, 4.69) is 58.7 Å². The number of aromatic nitrogens is 4. The molecule has 0 saturated carbocycles. The highest BCUT2D eigenvalue weighted by Crippen LogP contribution is 2.56. The lowest BCUT2D eigenvalue weighted by atomic mass is 9.79. The van der Waals surface area contributed by atoms with Gasteiger partial charge in [-0.25, -0.2) is 9.65 Å². The van der Waals surface area contributed by atoms with E-state index >= 15 is 0 Å². The van der Waals surface area contributed by atoms with Gasteiger partial charge < -0.3 is 32.7 Å². The number of carbonyl (C=O) groups is 1. The minimum absolute atomic E-state index is 0.0101. The van der Waals surface area contributed by atoms with Crippen LogP contribution in [-0.4, -0.2) is 94.0 Å². The van der Waals surface area contributed by atoms with E-state index in [-0.39, 0.29) is 67.3 Å². The number of amides is 1. The van der Waals surface area contributed by atoms with Crippen LogP contribution in [0.15, 0.2) is 90.0 Å². The topological polar surface area (TPSA) is 184 Å². The lowest BCUT2D eigenvalue weighted by molar-refractivity contribution is -0.202. The number of anilines is 1. The Morgan fingerprint density at radius 3 is 2.16 bits per heavy atom. The zero-order valence-corrected chi connectivity index (χ0v) is 37.1. The summed E-state index contributed by atoms with van der Waals surface area (Å²) in [5.41, 5.74) is -0.305. The summed E-state index contributed by atoms with van der Waals surface area (Å²) in [6.45, 7) is 11.9. The maximum absolute atomic E-state index is 13.3. The number of methoxy groups -OCH3 is 2. The van der Waals surface area contributed by atoms with Crippen molar-refractivity contribution in [3.8, 4) is 17.6 Å². The number of benzene rings is 3.